The first-order valence-electron chi connectivity index (χ1n) is 5.35. The highest BCUT2D eigenvalue weighted by Crippen LogP contribution is 2.28. The van der Waals surface area contributed by atoms with Crippen LogP contribution >= 0.6 is 0 Å². The third-order valence-corrected chi connectivity index (χ3v) is 2.42. The van der Waals surface area contributed by atoms with Gasteiger partial charge >= 0.3 is 6.09 Å². The average Bonchev–Trinajstić information content (AvgIpc) is 2.15. The van der Waals surface area contributed by atoms with Gasteiger partial charge in [0.15, 0.2) is 0 Å². The second kappa shape index (κ2) is 4.56. The molecule has 0 aliphatic heterocycles. The highest BCUT2D eigenvalue weighted by molar-refractivity contribution is 5.70. The van der Waals surface area contributed by atoms with Gasteiger partial charge in [0, 0.05) is 7.05 Å². The molecule has 1 N–H and O–H groups in total. The molecule has 0 heterocycles. The van der Waals surface area contributed by atoms with Crippen molar-refractivity contribution in [2.45, 2.75) is 33.1 Å². The second-order valence-corrected chi connectivity index (χ2v) is 4.87. The first-order valence-corrected chi connectivity index (χ1v) is 5.35. The molecule has 0 spiro atoms. The van der Waals surface area contributed by atoms with Crippen LogP contribution in [0.5, 0.6) is 5.75 Å². The molecule has 3 heteroatoms. The number of ether oxygens (including phenoxy) is 1. The summed E-state index contributed by atoms with van der Waals surface area (Å²) < 4.78 is 5.06. The average molecular weight is 221 g/mol. The van der Waals surface area contributed by atoms with Crippen molar-refractivity contribution >= 4 is 6.09 Å². The van der Waals surface area contributed by atoms with Crippen molar-refractivity contribution in [3.8, 4) is 5.75 Å². The Morgan fingerprint density at radius 1 is 1.31 bits per heavy atom. The minimum absolute atomic E-state index is 0.107. The fourth-order valence-corrected chi connectivity index (χ4v) is 1.70. The van der Waals surface area contributed by atoms with E-state index in [2.05, 4.69) is 26.1 Å². The number of aryl methyl sites for hydroxylation is 1. The van der Waals surface area contributed by atoms with Crippen LogP contribution in [-0.4, -0.2) is 13.1 Å². The van der Waals surface area contributed by atoms with Gasteiger partial charge in [-0.25, -0.2) is 4.79 Å². The number of hydrogen-bond donors (Lipinski definition) is 1. The maximum absolute atomic E-state index is 11.0. The molecule has 0 bridgehead atoms. The van der Waals surface area contributed by atoms with Crippen LogP contribution in [0.4, 0.5) is 4.79 Å². The molecule has 1 aromatic carbocycles. The van der Waals surface area contributed by atoms with Gasteiger partial charge in [-0.15, -0.1) is 0 Å². The summed E-state index contributed by atoms with van der Waals surface area (Å²) in [6, 6.07) is 5.71. The highest BCUT2D eigenvalue weighted by atomic mass is 16.5. The van der Waals surface area contributed by atoms with Crippen molar-refractivity contribution < 1.29 is 9.53 Å². The Hall–Kier alpha value is -1.51. The highest BCUT2D eigenvalue weighted by Gasteiger charge is 2.16. The van der Waals surface area contributed by atoms with Crippen molar-refractivity contribution in [2.24, 2.45) is 0 Å². The van der Waals surface area contributed by atoms with Gasteiger partial charge in [0.05, 0.1) is 0 Å². The quantitative estimate of drug-likeness (QED) is 0.791. The Balaban J connectivity index is 2.96. The summed E-state index contributed by atoms with van der Waals surface area (Å²) in [6.45, 7) is 8.51. The van der Waals surface area contributed by atoms with Crippen LogP contribution in [0.3, 0.4) is 0 Å². The fourth-order valence-electron chi connectivity index (χ4n) is 1.70. The molecule has 1 aromatic rings. The van der Waals surface area contributed by atoms with Crippen LogP contribution in [0.2, 0.25) is 0 Å². The van der Waals surface area contributed by atoms with Gasteiger partial charge in [-0.1, -0.05) is 26.8 Å². The molecule has 0 saturated heterocycles. The predicted molar refractivity (Wildman–Crippen MR) is 65.0 cm³/mol. The smallest absolute Gasteiger partial charge is 0.410 e. The van der Waals surface area contributed by atoms with Gasteiger partial charge in [-0.3, -0.25) is 0 Å². The van der Waals surface area contributed by atoms with E-state index in [0.29, 0.717) is 5.75 Å². The van der Waals surface area contributed by atoms with E-state index in [1.807, 2.05) is 25.1 Å². The Labute approximate surface area is 96.8 Å². The Morgan fingerprint density at radius 2 is 1.94 bits per heavy atom. The SMILES string of the molecule is CNC(=O)Oc1ccc(C(C)(C)C)c(C)c1. The second-order valence-electron chi connectivity index (χ2n) is 4.87. The molecule has 0 fully saturated rings. The number of hydrogen-bond acceptors (Lipinski definition) is 2. The number of benzene rings is 1. The van der Waals surface area contributed by atoms with Gasteiger partial charge in [0.25, 0.3) is 0 Å². The lowest BCUT2D eigenvalue weighted by atomic mass is 9.84. The molecule has 0 unspecified atom stereocenters. The monoisotopic (exact) mass is 221 g/mol. The summed E-state index contributed by atoms with van der Waals surface area (Å²) in [6.07, 6.45) is -0.442. The van der Waals surface area contributed by atoms with E-state index >= 15 is 0 Å². The van der Waals surface area contributed by atoms with Crippen molar-refractivity contribution in [1.29, 1.82) is 0 Å². The lowest BCUT2D eigenvalue weighted by Gasteiger charge is -2.21. The number of carbonyl (C=O) groups is 1. The van der Waals surface area contributed by atoms with Crippen LogP contribution in [0.15, 0.2) is 18.2 Å². The lowest BCUT2D eigenvalue weighted by molar-refractivity contribution is 0.203. The van der Waals surface area contributed by atoms with E-state index in [4.69, 9.17) is 4.74 Å². The molecule has 1 rings (SSSR count). The van der Waals surface area contributed by atoms with Crippen molar-refractivity contribution in [3.05, 3.63) is 29.3 Å². The molecule has 16 heavy (non-hydrogen) atoms. The third kappa shape index (κ3) is 2.99. The van der Waals surface area contributed by atoms with E-state index in [9.17, 15) is 4.79 Å². The maximum atomic E-state index is 11.0. The topological polar surface area (TPSA) is 38.3 Å². The van der Waals surface area contributed by atoms with Gasteiger partial charge in [-0.05, 0) is 35.6 Å². The molecule has 0 radical (unpaired) electrons. The van der Waals surface area contributed by atoms with Crippen molar-refractivity contribution in [3.63, 3.8) is 0 Å². The number of rotatable bonds is 1. The van der Waals surface area contributed by atoms with E-state index in [-0.39, 0.29) is 5.41 Å². The maximum Gasteiger partial charge on any atom is 0.412 e. The molecule has 3 nitrogen and oxygen atoms in total. The van der Waals surface area contributed by atoms with Gasteiger partial charge in [0.1, 0.15) is 5.75 Å². The standard InChI is InChI=1S/C13H19NO2/c1-9-8-10(16-12(15)14-5)6-7-11(9)13(2,3)4/h6-8H,1-5H3,(H,14,15). The molecule has 1 amide bonds. The van der Waals surface area contributed by atoms with Crippen LogP contribution in [-0.2, 0) is 5.41 Å². The summed E-state index contributed by atoms with van der Waals surface area (Å²) in [4.78, 5) is 11.0. The molecule has 0 aliphatic carbocycles. The zero-order chi connectivity index (χ0) is 12.3. The van der Waals surface area contributed by atoms with Gasteiger partial charge < -0.3 is 10.1 Å². The summed E-state index contributed by atoms with van der Waals surface area (Å²) in [5.74, 6) is 0.574. The number of carbonyl (C=O) groups excluding carboxylic acids is 1. The van der Waals surface area contributed by atoms with Gasteiger partial charge in [0.2, 0.25) is 0 Å². The summed E-state index contributed by atoms with van der Waals surface area (Å²) in [7, 11) is 1.54. The minimum Gasteiger partial charge on any atom is -0.410 e. The first kappa shape index (κ1) is 12.6. The fraction of sp³-hybridized carbons (Fsp3) is 0.462. The largest absolute Gasteiger partial charge is 0.412 e. The molecule has 0 aliphatic rings. The summed E-state index contributed by atoms with van der Waals surface area (Å²) in [5.41, 5.74) is 2.50. The molecule has 0 atom stereocenters. The summed E-state index contributed by atoms with van der Waals surface area (Å²) in [5, 5.41) is 2.42. The zero-order valence-electron chi connectivity index (χ0n) is 10.5. The zero-order valence-corrected chi connectivity index (χ0v) is 10.5. The predicted octanol–water partition coefficient (Wildman–Crippen LogP) is 3.01. The van der Waals surface area contributed by atoms with E-state index in [1.165, 1.54) is 5.56 Å². The Bertz CT molecular complexity index is 391. The van der Waals surface area contributed by atoms with Gasteiger partial charge in [-0.2, -0.15) is 0 Å². The van der Waals surface area contributed by atoms with Crippen LogP contribution in [0.25, 0.3) is 0 Å². The molecule has 88 valence electrons. The normalized spacial score (nSPS) is 11.1. The summed E-state index contributed by atoms with van der Waals surface area (Å²) >= 11 is 0. The number of nitrogens with one attached hydrogen (secondary N) is 1. The Morgan fingerprint density at radius 3 is 2.38 bits per heavy atom. The van der Waals surface area contributed by atoms with E-state index in [1.54, 1.807) is 7.05 Å². The van der Waals surface area contributed by atoms with Crippen molar-refractivity contribution in [1.82, 2.24) is 5.32 Å². The molecular formula is C13H19NO2. The lowest BCUT2D eigenvalue weighted by Crippen LogP contribution is -2.22. The minimum atomic E-state index is -0.442. The Kier molecular flexibility index (Phi) is 3.58. The number of amides is 1. The molecule has 0 saturated carbocycles. The van der Waals surface area contributed by atoms with E-state index < -0.39 is 6.09 Å². The molecular weight excluding hydrogens is 202 g/mol. The van der Waals surface area contributed by atoms with Crippen LogP contribution < -0.4 is 10.1 Å². The van der Waals surface area contributed by atoms with E-state index in [0.717, 1.165) is 5.56 Å². The third-order valence-electron chi connectivity index (χ3n) is 2.42. The van der Waals surface area contributed by atoms with Crippen LogP contribution in [0.1, 0.15) is 31.9 Å². The van der Waals surface area contributed by atoms with Crippen LogP contribution in [0, 0.1) is 6.92 Å². The van der Waals surface area contributed by atoms with Crippen molar-refractivity contribution in [2.75, 3.05) is 7.05 Å². The first-order chi connectivity index (χ1) is 7.34. The molecule has 0 aromatic heterocycles.